The van der Waals surface area contributed by atoms with Gasteiger partial charge < -0.3 is 112 Å². The lowest BCUT2D eigenvalue weighted by Crippen LogP contribution is -1.97. The maximum atomic E-state index is 11.5. The minimum Gasteiger partial charge on any atom is -0.504 e. The molecule has 0 aromatic heterocycles. The molecule has 290 valence electrons. The van der Waals surface area contributed by atoms with E-state index in [0.29, 0.717) is 0 Å². The van der Waals surface area contributed by atoms with Gasteiger partial charge in [-0.25, -0.2) is 0 Å². The van der Waals surface area contributed by atoms with E-state index in [0.717, 1.165) is 0 Å². The number of aromatic hydroxyl groups is 22. The van der Waals surface area contributed by atoms with Crippen LogP contribution >= 0.6 is 0 Å². The summed E-state index contributed by atoms with van der Waals surface area (Å²) in [6.45, 7) is 0. The molecule has 7 aromatic rings. The van der Waals surface area contributed by atoms with Gasteiger partial charge in [0.1, 0.15) is 0 Å². The summed E-state index contributed by atoms with van der Waals surface area (Å²) in [6.07, 6.45) is 0. The van der Waals surface area contributed by atoms with Gasteiger partial charge in [0.05, 0.1) is 10.8 Å². The smallest absolute Gasteiger partial charge is 0.205 e. The van der Waals surface area contributed by atoms with Gasteiger partial charge in [-0.15, -0.1) is 0 Å². The molecule has 0 aliphatic heterocycles. The number of fused-ring (bicyclic) bond motifs is 4. The number of benzene rings is 7. The molecule has 22 N–H and O–H groups in total. The second-order valence-corrected chi connectivity index (χ2v) is 12.2. The van der Waals surface area contributed by atoms with Crippen LogP contribution in [-0.2, 0) is 0 Å². The van der Waals surface area contributed by atoms with E-state index in [1.165, 1.54) is 0 Å². The predicted octanol–water partition coefficient (Wildman–Crippen LogP) is 3.16. The molecule has 0 saturated heterocycles. The van der Waals surface area contributed by atoms with Crippen molar-refractivity contribution in [3.63, 3.8) is 0 Å². The highest BCUT2D eigenvalue weighted by molar-refractivity contribution is 6.34. The van der Waals surface area contributed by atoms with Crippen LogP contribution in [0.3, 0.4) is 0 Å². The first kappa shape index (κ1) is 35.6. The molecule has 22 nitrogen and oxygen atoms in total. The Labute approximate surface area is 304 Å². The summed E-state index contributed by atoms with van der Waals surface area (Å²) in [6, 6.07) is 0. The lowest BCUT2D eigenvalue weighted by Gasteiger charge is -2.25. The second-order valence-electron chi connectivity index (χ2n) is 12.2. The molecule has 0 atom stereocenters. The molecule has 22 heteroatoms. The van der Waals surface area contributed by atoms with Crippen LogP contribution in [0.15, 0.2) is 0 Å². The van der Waals surface area contributed by atoms with Gasteiger partial charge in [0.2, 0.25) is 57.5 Å². The van der Waals surface area contributed by atoms with Crippen LogP contribution in [0.2, 0.25) is 0 Å². The molecule has 0 fully saturated rings. The molecular weight excluding hydrogens is 760 g/mol. The van der Waals surface area contributed by atoms with Crippen molar-refractivity contribution in [2.24, 2.45) is 0 Å². The van der Waals surface area contributed by atoms with Crippen LogP contribution in [0.25, 0.3) is 65.3 Å². The second kappa shape index (κ2) is 10.9. The SMILES string of the molecule is Oc1c(O)c(O)c2c(-c3c4c(O)c(O)c(O)c(O)c4c(-c4c(O)c(O)c(O)c5c(O)c(O)c(O)c(O)c45)c4c(O)c(O)c(O)c(O)c34)c(O)c(O)c(O)c2c1O. The zero-order valence-corrected chi connectivity index (χ0v) is 26.8. The molecule has 0 heterocycles. The molecule has 0 saturated carbocycles. The third-order valence-corrected chi connectivity index (χ3v) is 9.43. The summed E-state index contributed by atoms with van der Waals surface area (Å²) in [5.74, 6) is -35.9. The molecule has 0 amide bonds. The van der Waals surface area contributed by atoms with Gasteiger partial charge in [-0.05, 0) is 0 Å². The number of hydrogen-bond acceptors (Lipinski definition) is 22. The van der Waals surface area contributed by atoms with E-state index in [4.69, 9.17) is 0 Å². The van der Waals surface area contributed by atoms with E-state index in [2.05, 4.69) is 0 Å². The molecule has 0 unspecified atom stereocenters. The van der Waals surface area contributed by atoms with Crippen molar-refractivity contribution in [3.8, 4) is 149 Å². The first-order valence-electron chi connectivity index (χ1n) is 14.9. The summed E-state index contributed by atoms with van der Waals surface area (Å²) in [5.41, 5.74) is -5.29. The summed E-state index contributed by atoms with van der Waals surface area (Å²) in [4.78, 5) is 0. The number of phenols is 22. The third kappa shape index (κ3) is 3.86. The zero-order valence-electron chi connectivity index (χ0n) is 26.8. The van der Waals surface area contributed by atoms with Crippen LogP contribution in [0.4, 0.5) is 0 Å². The van der Waals surface area contributed by atoms with Crippen molar-refractivity contribution in [2.45, 2.75) is 0 Å². The average molecular weight is 783 g/mol. The molecule has 56 heavy (non-hydrogen) atoms. The van der Waals surface area contributed by atoms with Gasteiger partial charge in [0, 0.05) is 54.6 Å². The first-order chi connectivity index (χ1) is 26.0. The Balaban J connectivity index is 2.00. The zero-order chi connectivity index (χ0) is 41.6. The van der Waals surface area contributed by atoms with Crippen LogP contribution in [0.5, 0.6) is 126 Å². The van der Waals surface area contributed by atoms with E-state index >= 15 is 0 Å². The van der Waals surface area contributed by atoms with Crippen molar-refractivity contribution in [1.82, 2.24) is 0 Å². The Morgan fingerprint density at radius 2 is 0.232 bits per heavy atom. The summed E-state index contributed by atoms with van der Waals surface area (Å²) >= 11 is 0. The Morgan fingerprint density at radius 3 is 0.411 bits per heavy atom. The number of hydrogen-bond donors (Lipinski definition) is 22. The molecule has 7 rings (SSSR count). The molecule has 0 aliphatic carbocycles. The molecule has 7 aromatic carbocycles. The number of rotatable bonds is 2. The fraction of sp³-hybridized carbons (Fsp3) is 0. The van der Waals surface area contributed by atoms with Gasteiger partial charge in [-0.1, -0.05) is 0 Å². The Hall–Kier alpha value is -8.82. The van der Waals surface area contributed by atoms with Crippen molar-refractivity contribution >= 4 is 43.1 Å². The maximum absolute atomic E-state index is 11.5. The fourth-order valence-corrected chi connectivity index (χ4v) is 6.88. The molecule has 0 bridgehead atoms. The largest absolute Gasteiger partial charge is 0.504 e. The van der Waals surface area contributed by atoms with Crippen molar-refractivity contribution in [1.29, 1.82) is 0 Å². The standard InChI is InChI=1S/C34H22O22/c35-13-7(9-11(21(43)25(13)47)23(45)33(55)31(53)19(9)41)1-3-5(17(39)29(51)27(49)15(3)37)2(6-4(1)16(38)28(50)30(52)18(6)40)8-10-12(22(44)26(48)14(8)36)24(46)34(56)32(54)20(10)42/h35-56H. The van der Waals surface area contributed by atoms with Crippen molar-refractivity contribution in [2.75, 3.05) is 0 Å². The van der Waals surface area contributed by atoms with E-state index < -0.39 is 192 Å². The minimum absolute atomic E-state index is 1.24. The summed E-state index contributed by atoms with van der Waals surface area (Å²) in [5, 5.41) is 230. The first-order valence-corrected chi connectivity index (χ1v) is 14.9. The Morgan fingerprint density at radius 1 is 0.107 bits per heavy atom. The van der Waals surface area contributed by atoms with E-state index in [1.807, 2.05) is 0 Å². The van der Waals surface area contributed by atoms with Gasteiger partial charge in [0.15, 0.2) is 69.0 Å². The van der Waals surface area contributed by atoms with Gasteiger partial charge in [-0.3, -0.25) is 0 Å². The van der Waals surface area contributed by atoms with Gasteiger partial charge >= 0.3 is 0 Å². The normalized spacial score (nSPS) is 11.7. The lowest BCUT2D eigenvalue weighted by molar-refractivity contribution is 0.347. The van der Waals surface area contributed by atoms with E-state index in [9.17, 15) is 112 Å². The highest BCUT2D eigenvalue weighted by Gasteiger charge is 2.39. The van der Waals surface area contributed by atoms with Gasteiger partial charge in [-0.2, -0.15) is 0 Å². The molecule has 0 spiro atoms. The monoisotopic (exact) mass is 782 g/mol. The van der Waals surface area contributed by atoms with Crippen molar-refractivity contribution < 1.29 is 112 Å². The molecule has 0 radical (unpaired) electrons. The highest BCUT2D eigenvalue weighted by atomic mass is 16.4. The lowest BCUT2D eigenvalue weighted by atomic mass is 9.80. The Bertz CT molecular complexity index is 2740. The maximum Gasteiger partial charge on any atom is 0.205 e. The number of phenolic OH excluding ortho intramolecular Hbond substituents is 22. The quantitative estimate of drug-likeness (QED) is 0.0680. The van der Waals surface area contributed by atoms with Crippen molar-refractivity contribution in [3.05, 3.63) is 0 Å². The summed E-state index contributed by atoms with van der Waals surface area (Å²) in [7, 11) is 0. The van der Waals surface area contributed by atoms with Crippen LogP contribution in [-0.4, -0.2) is 112 Å². The molecule has 0 aliphatic rings. The van der Waals surface area contributed by atoms with Crippen LogP contribution < -0.4 is 0 Å². The predicted molar refractivity (Wildman–Crippen MR) is 184 cm³/mol. The molecular formula is C34H22O22. The third-order valence-electron chi connectivity index (χ3n) is 9.43. The van der Waals surface area contributed by atoms with Gasteiger partial charge in [0.25, 0.3) is 0 Å². The summed E-state index contributed by atoms with van der Waals surface area (Å²) < 4.78 is 0. The minimum atomic E-state index is -1.70. The Kier molecular flexibility index (Phi) is 6.90. The van der Waals surface area contributed by atoms with Crippen LogP contribution in [0.1, 0.15) is 0 Å². The highest BCUT2D eigenvalue weighted by Crippen LogP contribution is 2.69. The van der Waals surface area contributed by atoms with E-state index in [1.54, 1.807) is 0 Å². The van der Waals surface area contributed by atoms with E-state index in [-0.39, 0.29) is 0 Å². The average Bonchev–Trinajstić information content (AvgIpc) is 3.17. The van der Waals surface area contributed by atoms with Crippen LogP contribution in [0, 0.1) is 0 Å². The topological polar surface area (TPSA) is 445 Å². The fourth-order valence-electron chi connectivity index (χ4n) is 6.88.